The third-order valence-corrected chi connectivity index (χ3v) is 5.79. The molecule has 1 aromatic heterocycles. The molecule has 0 saturated heterocycles. The van der Waals surface area contributed by atoms with Crippen LogP contribution < -0.4 is 9.62 Å². The van der Waals surface area contributed by atoms with Crippen LogP contribution in [0.2, 0.25) is 5.02 Å². The number of carbonyl (C=O) groups is 1. The number of hydrogen-bond donors (Lipinski definition) is 1. The summed E-state index contributed by atoms with van der Waals surface area (Å²) in [4.78, 5) is 12.5. The normalized spacial score (nSPS) is 12.9. The van der Waals surface area contributed by atoms with Crippen molar-refractivity contribution in [3.8, 4) is 0 Å². The molecule has 138 valence electrons. The van der Waals surface area contributed by atoms with E-state index in [1.807, 2.05) is 16.4 Å². The van der Waals surface area contributed by atoms with Gasteiger partial charge in [0, 0.05) is 21.9 Å². The first kappa shape index (κ1) is 17.9. The second-order valence-electron chi connectivity index (χ2n) is 6.12. The molecule has 0 spiro atoms. The quantitative estimate of drug-likeness (QED) is 0.598. The molecule has 0 unspecified atom stereocenters. The fourth-order valence-electron chi connectivity index (χ4n) is 2.92. The fraction of sp³-hybridized carbons (Fsp3) is 0.150. The van der Waals surface area contributed by atoms with Crippen LogP contribution in [0.25, 0.3) is 0 Å². The Hall–Kier alpha value is -2.44. The van der Waals surface area contributed by atoms with E-state index in [-0.39, 0.29) is 11.7 Å². The minimum absolute atomic E-state index is 0.185. The average molecular weight is 403 g/mol. The van der Waals surface area contributed by atoms with Crippen molar-refractivity contribution in [3.05, 3.63) is 88.1 Å². The summed E-state index contributed by atoms with van der Waals surface area (Å²) in [6, 6.07) is 13.8. The molecule has 2 aromatic carbocycles. The largest absolute Gasteiger partial charge is 0.467 e. The molecule has 1 aliphatic rings. The highest BCUT2D eigenvalue weighted by Gasteiger charge is 2.23. The van der Waals surface area contributed by atoms with E-state index in [1.54, 1.807) is 48.5 Å². The first-order chi connectivity index (χ1) is 13.1. The van der Waals surface area contributed by atoms with Crippen LogP contribution in [0, 0.1) is 5.82 Å². The van der Waals surface area contributed by atoms with Gasteiger partial charge in [-0.05, 0) is 53.9 Å². The van der Waals surface area contributed by atoms with Gasteiger partial charge in [-0.25, -0.2) is 4.39 Å². The molecule has 0 fully saturated rings. The molecule has 0 atom stereocenters. The van der Waals surface area contributed by atoms with E-state index in [2.05, 4.69) is 5.32 Å². The van der Waals surface area contributed by atoms with Gasteiger partial charge in [0.2, 0.25) is 0 Å². The molecule has 4 rings (SSSR count). The lowest BCUT2D eigenvalue weighted by Gasteiger charge is -2.19. The van der Waals surface area contributed by atoms with Crippen LogP contribution >= 0.6 is 23.5 Å². The molecule has 2 heterocycles. The van der Waals surface area contributed by atoms with Crippen molar-refractivity contribution < 1.29 is 13.6 Å². The van der Waals surface area contributed by atoms with Crippen LogP contribution in [0.1, 0.15) is 27.2 Å². The van der Waals surface area contributed by atoms with Gasteiger partial charge in [0.15, 0.2) is 0 Å². The van der Waals surface area contributed by atoms with Crippen molar-refractivity contribution in [2.75, 3.05) is 4.31 Å². The number of fused-ring (bicyclic) bond motifs is 1. The van der Waals surface area contributed by atoms with Crippen LogP contribution in [0.3, 0.4) is 0 Å². The Bertz CT molecular complexity index is 958. The molecule has 4 nitrogen and oxygen atoms in total. The maximum atomic E-state index is 14.1. The summed E-state index contributed by atoms with van der Waals surface area (Å²) in [6.45, 7) is 0.660. The number of hydrogen-bond acceptors (Lipinski definition) is 4. The lowest BCUT2D eigenvalue weighted by Crippen LogP contribution is -2.23. The SMILES string of the molecule is O=C(NCc1ccco1)c1ccc2c(c1)N(Cc1c(F)cccc1Cl)SC2. The highest BCUT2D eigenvalue weighted by Crippen LogP contribution is 2.40. The number of furan rings is 1. The van der Waals surface area contributed by atoms with Gasteiger partial charge in [-0.1, -0.05) is 23.7 Å². The third kappa shape index (κ3) is 3.82. The molecule has 0 saturated carbocycles. The summed E-state index contributed by atoms with van der Waals surface area (Å²) in [6.07, 6.45) is 1.57. The van der Waals surface area contributed by atoms with Crippen molar-refractivity contribution in [1.29, 1.82) is 0 Å². The lowest BCUT2D eigenvalue weighted by atomic mass is 10.1. The van der Waals surface area contributed by atoms with Gasteiger partial charge in [-0.15, -0.1) is 0 Å². The Morgan fingerprint density at radius 1 is 1.26 bits per heavy atom. The zero-order valence-electron chi connectivity index (χ0n) is 14.2. The van der Waals surface area contributed by atoms with E-state index in [1.165, 1.54) is 6.07 Å². The molecule has 0 radical (unpaired) electrons. The molecule has 7 heteroatoms. The maximum absolute atomic E-state index is 14.1. The number of nitrogens with zero attached hydrogens (tertiary/aromatic N) is 1. The fourth-order valence-corrected chi connectivity index (χ4v) is 4.21. The van der Waals surface area contributed by atoms with Gasteiger partial charge in [0.25, 0.3) is 5.91 Å². The highest BCUT2D eigenvalue weighted by molar-refractivity contribution is 8.00. The standard InChI is InChI=1S/C20H16ClFN2O2S/c21-17-4-1-5-18(22)16(17)11-24-19-9-13(6-7-14(19)12-27-24)20(25)23-10-15-3-2-8-26-15/h1-9H,10-12H2,(H,23,25). The maximum Gasteiger partial charge on any atom is 0.251 e. The molecular weight excluding hydrogens is 387 g/mol. The smallest absolute Gasteiger partial charge is 0.251 e. The number of anilines is 1. The van der Waals surface area contributed by atoms with E-state index in [4.69, 9.17) is 16.0 Å². The van der Waals surface area contributed by atoms with Gasteiger partial charge >= 0.3 is 0 Å². The van der Waals surface area contributed by atoms with Crippen molar-refractivity contribution in [2.24, 2.45) is 0 Å². The molecule has 1 amide bonds. The summed E-state index contributed by atoms with van der Waals surface area (Å²) >= 11 is 7.73. The number of amides is 1. The minimum atomic E-state index is -0.330. The Labute approximate surface area is 165 Å². The number of halogens is 2. The van der Waals surface area contributed by atoms with Crippen molar-refractivity contribution >= 4 is 35.1 Å². The molecule has 0 aliphatic carbocycles. The molecule has 3 aromatic rings. The number of benzene rings is 2. The Morgan fingerprint density at radius 3 is 2.93 bits per heavy atom. The van der Waals surface area contributed by atoms with Crippen LogP contribution in [0.4, 0.5) is 10.1 Å². The molecule has 0 bridgehead atoms. The minimum Gasteiger partial charge on any atom is -0.467 e. The zero-order valence-corrected chi connectivity index (χ0v) is 15.8. The van der Waals surface area contributed by atoms with Crippen molar-refractivity contribution in [3.63, 3.8) is 0 Å². The number of carbonyl (C=O) groups excluding carboxylic acids is 1. The van der Waals surface area contributed by atoms with Crippen molar-refractivity contribution in [1.82, 2.24) is 5.32 Å². The number of rotatable bonds is 5. The average Bonchev–Trinajstić information content (AvgIpc) is 3.32. The van der Waals surface area contributed by atoms with Gasteiger partial charge < -0.3 is 14.0 Å². The Kier molecular flexibility index (Phi) is 5.09. The molecular formula is C20H16ClFN2O2S. The number of nitrogens with one attached hydrogen (secondary N) is 1. The van der Waals surface area contributed by atoms with E-state index >= 15 is 0 Å². The summed E-state index contributed by atoms with van der Waals surface area (Å²) in [5.41, 5.74) is 3.01. The van der Waals surface area contributed by atoms with Gasteiger partial charge in [0.05, 0.1) is 25.0 Å². The molecule has 1 aliphatic heterocycles. The summed E-state index contributed by atoms with van der Waals surface area (Å²) in [5.74, 6) is 0.949. The van der Waals surface area contributed by atoms with Gasteiger partial charge in [0.1, 0.15) is 11.6 Å². The Morgan fingerprint density at radius 2 is 2.15 bits per heavy atom. The zero-order chi connectivity index (χ0) is 18.8. The molecule has 1 N–H and O–H groups in total. The predicted octanol–water partition coefficient (Wildman–Crippen LogP) is 5.17. The molecule has 27 heavy (non-hydrogen) atoms. The second-order valence-corrected chi connectivity index (χ2v) is 7.51. The lowest BCUT2D eigenvalue weighted by molar-refractivity contribution is 0.0948. The van der Waals surface area contributed by atoms with E-state index in [0.717, 1.165) is 17.0 Å². The second kappa shape index (κ2) is 7.66. The van der Waals surface area contributed by atoms with Crippen LogP contribution in [-0.4, -0.2) is 5.91 Å². The summed E-state index contributed by atoms with van der Waals surface area (Å²) in [5, 5.41) is 3.24. The van der Waals surface area contributed by atoms with E-state index in [9.17, 15) is 9.18 Å². The first-order valence-electron chi connectivity index (χ1n) is 8.38. The van der Waals surface area contributed by atoms with Crippen LogP contribution in [0.15, 0.2) is 59.2 Å². The summed E-state index contributed by atoms with van der Waals surface area (Å²) in [7, 11) is 0. The third-order valence-electron chi connectivity index (χ3n) is 4.36. The van der Waals surface area contributed by atoms with Crippen molar-refractivity contribution in [2.45, 2.75) is 18.8 Å². The van der Waals surface area contributed by atoms with E-state index in [0.29, 0.717) is 35.0 Å². The first-order valence-corrected chi connectivity index (χ1v) is 9.71. The van der Waals surface area contributed by atoms with Gasteiger partial charge in [-0.3, -0.25) is 4.79 Å². The summed E-state index contributed by atoms with van der Waals surface area (Å²) < 4.78 is 21.3. The van der Waals surface area contributed by atoms with Gasteiger partial charge in [-0.2, -0.15) is 0 Å². The van der Waals surface area contributed by atoms with Crippen LogP contribution in [-0.2, 0) is 18.8 Å². The monoisotopic (exact) mass is 402 g/mol. The predicted molar refractivity (Wildman–Crippen MR) is 105 cm³/mol. The van der Waals surface area contributed by atoms with E-state index < -0.39 is 0 Å². The topological polar surface area (TPSA) is 45.5 Å². The Balaban J connectivity index is 1.52. The van der Waals surface area contributed by atoms with Crippen LogP contribution in [0.5, 0.6) is 0 Å². The highest BCUT2D eigenvalue weighted by atomic mass is 35.5.